The van der Waals surface area contributed by atoms with Crippen molar-refractivity contribution >= 4 is 38.9 Å². The molecule has 2 aromatic carbocycles. The van der Waals surface area contributed by atoms with E-state index in [0.717, 1.165) is 0 Å². The van der Waals surface area contributed by atoms with Crippen LogP contribution < -0.4 is 24.8 Å². The summed E-state index contributed by atoms with van der Waals surface area (Å²) in [6.07, 6.45) is 0. The number of hydrogen-bond acceptors (Lipinski definition) is 6. The van der Waals surface area contributed by atoms with Crippen LogP contribution in [0.15, 0.2) is 41.3 Å². The van der Waals surface area contributed by atoms with Crippen molar-refractivity contribution in [3.05, 3.63) is 36.4 Å². The van der Waals surface area contributed by atoms with Crippen molar-refractivity contribution in [3.63, 3.8) is 0 Å². The number of benzene rings is 2. The summed E-state index contributed by atoms with van der Waals surface area (Å²) in [5.74, 6) is -1.08. The number of ether oxygens (including phenoxy) is 2. The highest BCUT2D eigenvalue weighted by Crippen LogP contribution is 2.33. The average Bonchev–Trinajstić information content (AvgIpc) is 2.78. The van der Waals surface area contributed by atoms with E-state index in [1.807, 2.05) is 0 Å². The van der Waals surface area contributed by atoms with Gasteiger partial charge in [-0.15, -0.1) is 0 Å². The Labute approximate surface area is 162 Å². The Bertz CT molecular complexity index is 1050. The third-order valence-corrected chi connectivity index (χ3v) is 5.62. The smallest absolute Gasteiger partial charge is 0.262 e. The van der Waals surface area contributed by atoms with E-state index in [9.17, 15) is 18.0 Å². The van der Waals surface area contributed by atoms with Crippen LogP contribution in [-0.4, -0.2) is 34.5 Å². The average molecular weight is 405 g/mol. The van der Waals surface area contributed by atoms with Gasteiger partial charge in [0.15, 0.2) is 0 Å². The molecular weight excluding hydrogens is 386 g/mol. The lowest BCUT2D eigenvalue weighted by atomic mass is 10.1. The molecule has 1 atom stereocenters. The lowest BCUT2D eigenvalue weighted by molar-refractivity contribution is -0.128. The van der Waals surface area contributed by atoms with Gasteiger partial charge in [0.25, 0.3) is 10.0 Å². The molecule has 9 nitrogen and oxygen atoms in total. The molecule has 0 bridgehead atoms. The first-order valence-corrected chi connectivity index (χ1v) is 9.74. The Hall–Kier alpha value is -3.27. The topological polar surface area (TPSA) is 123 Å². The fourth-order valence-electron chi connectivity index (χ4n) is 2.59. The minimum Gasteiger partial charge on any atom is -0.497 e. The van der Waals surface area contributed by atoms with Gasteiger partial charge < -0.3 is 20.1 Å². The lowest BCUT2D eigenvalue weighted by Crippen LogP contribution is -2.28. The van der Waals surface area contributed by atoms with Crippen molar-refractivity contribution in [2.75, 3.05) is 29.6 Å². The summed E-state index contributed by atoms with van der Waals surface area (Å²) < 4.78 is 38.4. The number of fused-ring (bicyclic) bond motifs is 1. The van der Waals surface area contributed by atoms with Crippen LogP contribution >= 0.6 is 0 Å². The Morgan fingerprint density at radius 1 is 0.929 bits per heavy atom. The zero-order valence-corrected chi connectivity index (χ0v) is 16.2. The molecule has 1 aliphatic heterocycles. The largest absolute Gasteiger partial charge is 0.497 e. The van der Waals surface area contributed by atoms with Gasteiger partial charge in [0.2, 0.25) is 11.8 Å². The number of hydrogen-bond donors (Lipinski definition) is 3. The van der Waals surface area contributed by atoms with E-state index in [4.69, 9.17) is 9.47 Å². The molecule has 0 aliphatic carbocycles. The molecule has 0 saturated heterocycles. The number of carbonyl (C=O) groups is 2. The van der Waals surface area contributed by atoms with Crippen molar-refractivity contribution in [2.45, 2.75) is 11.8 Å². The van der Waals surface area contributed by atoms with Crippen molar-refractivity contribution in [1.82, 2.24) is 0 Å². The van der Waals surface area contributed by atoms with Crippen LogP contribution in [0.2, 0.25) is 0 Å². The Morgan fingerprint density at radius 2 is 1.61 bits per heavy atom. The van der Waals surface area contributed by atoms with Crippen LogP contribution in [0.1, 0.15) is 6.92 Å². The maximum absolute atomic E-state index is 12.8. The zero-order valence-electron chi connectivity index (χ0n) is 15.4. The molecule has 2 aromatic rings. The highest BCUT2D eigenvalue weighted by atomic mass is 32.2. The molecule has 3 rings (SSSR count). The number of amides is 2. The molecule has 10 heteroatoms. The normalized spacial score (nSPS) is 16.3. The molecule has 0 unspecified atom stereocenters. The third-order valence-electron chi connectivity index (χ3n) is 4.26. The molecule has 0 fully saturated rings. The van der Waals surface area contributed by atoms with Crippen molar-refractivity contribution < 1.29 is 27.5 Å². The Kier molecular flexibility index (Phi) is 5.14. The van der Waals surface area contributed by atoms with Crippen LogP contribution in [0.3, 0.4) is 0 Å². The molecule has 3 N–H and O–H groups in total. The standard InChI is InChI=1S/C18H19N3O6S/c1-10-17(22)19-13-7-5-12(9-15(13)20-18(10)23)28(24,25)21-14-6-4-11(26-2)8-16(14)27-3/h4-10,21H,1-3H3,(H,19,22)(H,20,23)/t10-/m0/s1. The SMILES string of the molecule is COc1ccc(NS(=O)(=O)c2ccc3c(c2)NC(=O)[C@@H](C)C(=O)N3)c(OC)c1. The zero-order chi connectivity index (χ0) is 20.5. The second-order valence-corrected chi connectivity index (χ2v) is 7.76. The van der Waals surface area contributed by atoms with Crippen LogP contribution in [0.5, 0.6) is 11.5 Å². The van der Waals surface area contributed by atoms with Gasteiger partial charge in [-0.1, -0.05) is 0 Å². The van der Waals surface area contributed by atoms with Gasteiger partial charge in [0.05, 0.1) is 36.2 Å². The van der Waals surface area contributed by atoms with E-state index in [1.165, 1.54) is 45.4 Å². The summed E-state index contributed by atoms with van der Waals surface area (Å²) in [4.78, 5) is 23.8. The molecule has 0 spiro atoms. The van der Waals surface area contributed by atoms with Crippen LogP contribution in [0.25, 0.3) is 0 Å². The number of methoxy groups -OCH3 is 2. The number of sulfonamides is 1. The summed E-state index contributed by atoms with van der Waals surface area (Å²) in [6.45, 7) is 1.46. The van der Waals surface area contributed by atoms with Gasteiger partial charge in [0.1, 0.15) is 17.4 Å². The van der Waals surface area contributed by atoms with E-state index < -0.39 is 27.8 Å². The van der Waals surface area contributed by atoms with Crippen molar-refractivity contribution in [2.24, 2.45) is 5.92 Å². The molecule has 2 amide bonds. The second kappa shape index (κ2) is 7.39. The second-order valence-electron chi connectivity index (χ2n) is 6.08. The predicted octanol–water partition coefficient (Wildman–Crippen LogP) is 2.03. The Morgan fingerprint density at radius 3 is 2.25 bits per heavy atom. The van der Waals surface area contributed by atoms with Gasteiger partial charge in [0, 0.05) is 6.07 Å². The monoisotopic (exact) mass is 405 g/mol. The van der Waals surface area contributed by atoms with Crippen molar-refractivity contribution in [3.8, 4) is 11.5 Å². The quantitative estimate of drug-likeness (QED) is 0.654. The fourth-order valence-corrected chi connectivity index (χ4v) is 3.69. The molecule has 148 valence electrons. The lowest BCUT2D eigenvalue weighted by Gasteiger charge is -2.14. The van der Waals surface area contributed by atoms with Crippen LogP contribution in [-0.2, 0) is 19.6 Å². The number of nitrogens with one attached hydrogen (secondary N) is 3. The summed E-state index contributed by atoms with van der Waals surface area (Å²) in [5.41, 5.74) is 0.750. The first kappa shape index (κ1) is 19.5. The molecule has 28 heavy (non-hydrogen) atoms. The van der Waals surface area contributed by atoms with Gasteiger partial charge in [-0.2, -0.15) is 0 Å². The van der Waals surface area contributed by atoms with Crippen LogP contribution in [0, 0.1) is 5.92 Å². The summed E-state index contributed by atoms with van der Waals surface area (Å²) in [6, 6.07) is 8.69. The van der Waals surface area contributed by atoms with E-state index in [1.54, 1.807) is 12.1 Å². The van der Waals surface area contributed by atoms with E-state index in [-0.39, 0.29) is 22.0 Å². The van der Waals surface area contributed by atoms with E-state index in [2.05, 4.69) is 15.4 Å². The third kappa shape index (κ3) is 3.72. The minimum absolute atomic E-state index is 0.0896. The van der Waals surface area contributed by atoms with Crippen LogP contribution in [0.4, 0.5) is 17.1 Å². The molecule has 0 aromatic heterocycles. The summed E-state index contributed by atoms with van der Waals surface area (Å²) in [5, 5.41) is 5.15. The predicted molar refractivity (Wildman–Crippen MR) is 103 cm³/mol. The highest BCUT2D eigenvalue weighted by molar-refractivity contribution is 7.92. The summed E-state index contributed by atoms with van der Waals surface area (Å²) in [7, 11) is -1.09. The van der Waals surface area contributed by atoms with Gasteiger partial charge in [-0.3, -0.25) is 14.3 Å². The van der Waals surface area contributed by atoms with Gasteiger partial charge >= 0.3 is 0 Å². The maximum Gasteiger partial charge on any atom is 0.262 e. The molecule has 0 radical (unpaired) electrons. The Balaban J connectivity index is 1.95. The number of carbonyl (C=O) groups excluding carboxylic acids is 2. The molecule has 0 saturated carbocycles. The van der Waals surface area contributed by atoms with Crippen molar-refractivity contribution in [1.29, 1.82) is 0 Å². The highest BCUT2D eigenvalue weighted by Gasteiger charge is 2.28. The number of rotatable bonds is 5. The molecule has 1 heterocycles. The number of anilines is 3. The van der Waals surface area contributed by atoms with E-state index >= 15 is 0 Å². The first-order valence-electron chi connectivity index (χ1n) is 8.26. The van der Waals surface area contributed by atoms with Gasteiger partial charge in [-0.25, -0.2) is 8.42 Å². The summed E-state index contributed by atoms with van der Waals surface area (Å²) >= 11 is 0. The molecular formula is C18H19N3O6S. The molecule has 1 aliphatic rings. The minimum atomic E-state index is -3.99. The van der Waals surface area contributed by atoms with Gasteiger partial charge in [-0.05, 0) is 37.3 Å². The first-order chi connectivity index (χ1) is 13.2. The fraction of sp³-hybridized carbons (Fsp3) is 0.222. The maximum atomic E-state index is 12.8. The van der Waals surface area contributed by atoms with E-state index in [0.29, 0.717) is 11.4 Å².